The van der Waals surface area contributed by atoms with E-state index >= 15 is 0 Å². The number of thiazole rings is 1. The number of aryl methyl sites for hydroxylation is 1. The molecule has 0 saturated carbocycles. The van der Waals surface area contributed by atoms with Crippen LogP contribution in [0.2, 0.25) is 0 Å². The van der Waals surface area contributed by atoms with Crippen molar-refractivity contribution < 1.29 is 9.18 Å². The fourth-order valence-corrected chi connectivity index (χ4v) is 4.06. The van der Waals surface area contributed by atoms with Gasteiger partial charge in [0.05, 0.1) is 16.6 Å². The first kappa shape index (κ1) is 15.7. The first-order valence-electron chi connectivity index (χ1n) is 7.91. The fraction of sp³-hybridized carbons (Fsp3) is 0.100. The van der Waals surface area contributed by atoms with Gasteiger partial charge in [0, 0.05) is 12.4 Å². The molecule has 0 aliphatic heterocycles. The molecule has 1 heterocycles. The molecule has 1 aromatic heterocycles. The first-order valence-corrected chi connectivity index (χ1v) is 8.73. The average molecular weight is 350 g/mol. The summed E-state index contributed by atoms with van der Waals surface area (Å²) in [6.45, 7) is 0. The highest BCUT2D eigenvalue weighted by molar-refractivity contribution is 7.17. The summed E-state index contributed by atoms with van der Waals surface area (Å²) < 4.78 is 16.0. The first-order chi connectivity index (χ1) is 12.1. The minimum atomic E-state index is -0.309. The SMILES string of the molecule is Cn1c(=NC(=O)Cc2ccc(F)cc2)sc2c3ccccc3ccc21. The molecule has 0 saturated heterocycles. The van der Waals surface area contributed by atoms with Crippen LogP contribution in [0.1, 0.15) is 5.56 Å². The average Bonchev–Trinajstić information content (AvgIpc) is 2.93. The molecule has 3 aromatic carbocycles. The Labute approximate surface area is 147 Å². The highest BCUT2D eigenvalue weighted by Gasteiger charge is 2.08. The molecule has 1 amide bonds. The van der Waals surface area contributed by atoms with Crippen LogP contribution in [0.3, 0.4) is 0 Å². The third-order valence-corrected chi connectivity index (χ3v) is 5.37. The van der Waals surface area contributed by atoms with E-state index in [9.17, 15) is 9.18 Å². The van der Waals surface area contributed by atoms with Crippen LogP contribution in [0.15, 0.2) is 65.7 Å². The smallest absolute Gasteiger partial charge is 0.252 e. The van der Waals surface area contributed by atoms with Gasteiger partial charge < -0.3 is 4.57 Å². The summed E-state index contributed by atoms with van der Waals surface area (Å²) in [5.74, 6) is -0.547. The van der Waals surface area contributed by atoms with Crippen molar-refractivity contribution in [3.63, 3.8) is 0 Å². The Morgan fingerprint density at radius 3 is 2.64 bits per heavy atom. The molecule has 124 valence electrons. The number of fused-ring (bicyclic) bond motifs is 3. The number of carbonyl (C=O) groups is 1. The lowest BCUT2D eigenvalue weighted by atomic mass is 10.1. The molecule has 0 spiro atoms. The lowest BCUT2D eigenvalue weighted by molar-refractivity contribution is -0.117. The van der Waals surface area contributed by atoms with E-state index in [4.69, 9.17) is 0 Å². The number of benzene rings is 3. The van der Waals surface area contributed by atoms with Crippen molar-refractivity contribution in [1.82, 2.24) is 4.57 Å². The van der Waals surface area contributed by atoms with Crippen LogP contribution in [0.25, 0.3) is 21.0 Å². The quantitative estimate of drug-likeness (QED) is 0.533. The molecule has 0 aliphatic carbocycles. The second-order valence-electron chi connectivity index (χ2n) is 5.89. The Balaban J connectivity index is 1.76. The molecule has 0 radical (unpaired) electrons. The normalized spacial score (nSPS) is 12.2. The topological polar surface area (TPSA) is 34.4 Å². The summed E-state index contributed by atoms with van der Waals surface area (Å²) in [4.78, 5) is 17.2. The molecule has 3 nitrogen and oxygen atoms in total. The molecular formula is C20H15FN2OS. The third-order valence-electron chi connectivity index (χ3n) is 4.19. The van der Waals surface area contributed by atoms with Gasteiger partial charge in [-0.15, -0.1) is 0 Å². The molecule has 4 rings (SSSR count). The third kappa shape index (κ3) is 2.98. The molecule has 4 aromatic rings. The van der Waals surface area contributed by atoms with E-state index in [1.54, 1.807) is 12.1 Å². The van der Waals surface area contributed by atoms with Crippen molar-refractivity contribution in [2.24, 2.45) is 12.0 Å². The minimum absolute atomic E-state index is 0.162. The zero-order valence-corrected chi connectivity index (χ0v) is 14.4. The van der Waals surface area contributed by atoms with Crippen LogP contribution in [-0.2, 0) is 18.3 Å². The van der Waals surface area contributed by atoms with E-state index in [2.05, 4.69) is 29.3 Å². The van der Waals surface area contributed by atoms with E-state index in [1.807, 2.05) is 23.7 Å². The lowest BCUT2D eigenvalue weighted by Gasteiger charge is -1.99. The van der Waals surface area contributed by atoms with E-state index < -0.39 is 0 Å². The van der Waals surface area contributed by atoms with Crippen LogP contribution in [0.4, 0.5) is 4.39 Å². The van der Waals surface area contributed by atoms with Gasteiger partial charge in [-0.05, 0) is 29.1 Å². The zero-order valence-electron chi connectivity index (χ0n) is 13.6. The number of hydrogen-bond donors (Lipinski definition) is 0. The van der Waals surface area contributed by atoms with Gasteiger partial charge in [-0.1, -0.05) is 53.8 Å². The summed E-state index contributed by atoms with van der Waals surface area (Å²) in [6.07, 6.45) is 0.162. The zero-order chi connectivity index (χ0) is 17.4. The summed E-state index contributed by atoms with van der Waals surface area (Å²) >= 11 is 1.51. The predicted molar refractivity (Wildman–Crippen MR) is 99.0 cm³/mol. The minimum Gasteiger partial charge on any atom is -0.319 e. The Bertz CT molecular complexity index is 1160. The van der Waals surface area contributed by atoms with Crippen molar-refractivity contribution in [2.75, 3.05) is 0 Å². The number of aromatic nitrogens is 1. The number of nitrogens with zero attached hydrogens (tertiary/aromatic N) is 2. The maximum atomic E-state index is 13.0. The molecule has 0 atom stereocenters. The molecule has 0 unspecified atom stereocenters. The lowest BCUT2D eigenvalue weighted by Crippen LogP contribution is -2.14. The Kier molecular flexibility index (Phi) is 3.93. The van der Waals surface area contributed by atoms with Gasteiger partial charge >= 0.3 is 0 Å². The molecule has 0 fully saturated rings. The molecule has 0 bridgehead atoms. The van der Waals surface area contributed by atoms with Gasteiger partial charge in [-0.3, -0.25) is 4.79 Å². The summed E-state index contributed by atoms with van der Waals surface area (Å²) in [5, 5.41) is 2.33. The van der Waals surface area contributed by atoms with Crippen LogP contribution in [0.5, 0.6) is 0 Å². The van der Waals surface area contributed by atoms with Gasteiger partial charge in [-0.2, -0.15) is 4.99 Å². The van der Waals surface area contributed by atoms with E-state index in [1.165, 1.54) is 28.9 Å². The largest absolute Gasteiger partial charge is 0.319 e. The molecule has 5 heteroatoms. The van der Waals surface area contributed by atoms with Gasteiger partial charge in [0.1, 0.15) is 5.82 Å². The van der Waals surface area contributed by atoms with Crippen molar-refractivity contribution >= 4 is 38.2 Å². The molecule has 0 N–H and O–H groups in total. The fourth-order valence-electron chi connectivity index (χ4n) is 2.89. The van der Waals surface area contributed by atoms with E-state index in [0.29, 0.717) is 4.80 Å². The van der Waals surface area contributed by atoms with Crippen molar-refractivity contribution in [2.45, 2.75) is 6.42 Å². The summed E-state index contributed by atoms with van der Waals surface area (Å²) in [6, 6.07) is 18.2. The van der Waals surface area contributed by atoms with Crippen molar-refractivity contribution in [3.8, 4) is 0 Å². The standard InChI is InChI=1S/C20H15FN2OS/c1-23-17-11-8-14-4-2-3-5-16(14)19(17)25-20(23)22-18(24)12-13-6-9-15(21)10-7-13/h2-11H,12H2,1H3. The van der Waals surface area contributed by atoms with Gasteiger partial charge in [0.2, 0.25) is 0 Å². The van der Waals surface area contributed by atoms with Crippen LogP contribution >= 0.6 is 11.3 Å². The number of rotatable bonds is 2. The van der Waals surface area contributed by atoms with Gasteiger partial charge in [0.25, 0.3) is 5.91 Å². The maximum absolute atomic E-state index is 13.0. The monoisotopic (exact) mass is 350 g/mol. The molecular weight excluding hydrogens is 335 g/mol. The molecule has 0 aliphatic rings. The number of amides is 1. The van der Waals surface area contributed by atoms with Crippen LogP contribution in [-0.4, -0.2) is 10.5 Å². The number of halogens is 1. The predicted octanol–water partition coefficient (Wildman–Crippen LogP) is 4.20. The molecule has 25 heavy (non-hydrogen) atoms. The Morgan fingerprint density at radius 2 is 1.84 bits per heavy atom. The summed E-state index contributed by atoms with van der Waals surface area (Å²) in [7, 11) is 1.91. The van der Waals surface area contributed by atoms with Crippen LogP contribution in [0, 0.1) is 5.82 Å². The van der Waals surface area contributed by atoms with E-state index in [0.717, 1.165) is 21.2 Å². The van der Waals surface area contributed by atoms with Crippen molar-refractivity contribution in [1.29, 1.82) is 0 Å². The number of carbonyl (C=O) groups excluding carboxylic acids is 1. The highest BCUT2D eigenvalue weighted by Crippen LogP contribution is 2.27. The second-order valence-corrected chi connectivity index (χ2v) is 6.86. The Hall–Kier alpha value is -2.79. The summed E-state index contributed by atoms with van der Waals surface area (Å²) in [5.41, 5.74) is 1.81. The highest BCUT2D eigenvalue weighted by atomic mass is 32.1. The maximum Gasteiger partial charge on any atom is 0.252 e. The van der Waals surface area contributed by atoms with E-state index in [-0.39, 0.29) is 18.1 Å². The number of hydrogen-bond acceptors (Lipinski definition) is 2. The van der Waals surface area contributed by atoms with Gasteiger partial charge in [0.15, 0.2) is 4.80 Å². The van der Waals surface area contributed by atoms with Gasteiger partial charge in [-0.25, -0.2) is 4.39 Å². The second kappa shape index (κ2) is 6.26. The van der Waals surface area contributed by atoms with Crippen molar-refractivity contribution in [3.05, 3.63) is 76.8 Å². The Morgan fingerprint density at radius 1 is 1.08 bits per heavy atom. The van der Waals surface area contributed by atoms with Crippen LogP contribution < -0.4 is 4.80 Å².